The number of carbonyl (C=O) groups is 2. The zero-order valence-electron chi connectivity index (χ0n) is 19.6. The Bertz CT molecular complexity index is 1430. The summed E-state index contributed by atoms with van der Waals surface area (Å²) in [4.78, 5) is 32.8. The van der Waals surface area contributed by atoms with Crippen molar-refractivity contribution >= 4 is 23.1 Å². The number of fused-ring (bicyclic) bond motifs is 1. The van der Waals surface area contributed by atoms with Gasteiger partial charge in [-0.05, 0) is 12.1 Å². The molecule has 0 radical (unpaired) electrons. The maximum absolute atomic E-state index is 14.5. The summed E-state index contributed by atoms with van der Waals surface area (Å²) < 4.78 is 99.4. The van der Waals surface area contributed by atoms with Crippen molar-refractivity contribution in [2.24, 2.45) is 0 Å². The second-order valence-electron chi connectivity index (χ2n) is 8.41. The van der Waals surface area contributed by atoms with Crippen molar-refractivity contribution in [3.63, 3.8) is 0 Å². The first-order valence-corrected chi connectivity index (χ1v) is 10.9. The summed E-state index contributed by atoms with van der Waals surface area (Å²) in [5.41, 5.74) is 3.33. The number of amides is 2. The molecule has 39 heavy (non-hydrogen) atoms. The SMILES string of the molecule is COc1ncc(-c2cc(C(F)(F)F)c3c(N)ncnn23)cc1C(=O)N[C@@H]1CN(C(=O)[C@@H](O)C(F)(F)F)C[C@@H]1F. The van der Waals surface area contributed by atoms with Gasteiger partial charge in [-0.3, -0.25) is 9.59 Å². The molecule has 0 bridgehead atoms. The number of anilines is 1. The van der Waals surface area contributed by atoms with E-state index in [1.165, 1.54) is 0 Å². The monoisotopic (exact) mass is 565 g/mol. The summed E-state index contributed by atoms with van der Waals surface area (Å²) in [6.07, 6.45) is -13.5. The molecular formula is C21H18F7N7O4. The van der Waals surface area contributed by atoms with E-state index in [0.29, 0.717) is 4.90 Å². The van der Waals surface area contributed by atoms with E-state index in [2.05, 4.69) is 20.4 Å². The van der Waals surface area contributed by atoms with Gasteiger partial charge in [0.25, 0.3) is 11.8 Å². The number of ether oxygens (including phenoxy) is 1. The minimum Gasteiger partial charge on any atom is -0.480 e. The first kappa shape index (κ1) is 27.8. The van der Waals surface area contributed by atoms with Gasteiger partial charge in [0.2, 0.25) is 12.0 Å². The van der Waals surface area contributed by atoms with E-state index in [1.54, 1.807) is 0 Å². The van der Waals surface area contributed by atoms with E-state index >= 15 is 0 Å². The number of alkyl halides is 7. The van der Waals surface area contributed by atoms with E-state index in [1.807, 2.05) is 0 Å². The number of likely N-dealkylation sites (tertiary alicyclic amines) is 1. The Kier molecular flexibility index (Phi) is 7.01. The highest BCUT2D eigenvalue weighted by molar-refractivity contribution is 5.98. The molecule has 1 aliphatic rings. The van der Waals surface area contributed by atoms with Crippen LogP contribution >= 0.6 is 0 Å². The highest BCUT2D eigenvalue weighted by Gasteiger charge is 2.48. The van der Waals surface area contributed by atoms with Gasteiger partial charge < -0.3 is 25.8 Å². The van der Waals surface area contributed by atoms with Gasteiger partial charge >= 0.3 is 12.4 Å². The maximum Gasteiger partial charge on any atom is 0.423 e. The van der Waals surface area contributed by atoms with Crippen molar-refractivity contribution in [1.82, 2.24) is 29.8 Å². The Hall–Kier alpha value is -4.22. The molecule has 11 nitrogen and oxygen atoms in total. The van der Waals surface area contributed by atoms with Gasteiger partial charge in [-0.25, -0.2) is 18.9 Å². The molecular weight excluding hydrogens is 547 g/mol. The quantitative estimate of drug-likeness (QED) is 0.396. The number of hydrogen-bond donors (Lipinski definition) is 3. The largest absolute Gasteiger partial charge is 0.480 e. The number of halogens is 7. The van der Waals surface area contributed by atoms with Crippen LogP contribution in [0.25, 0.3) is 16.8 Å². The molecule has 1 fully saturated rings. The molecule has 4 heterocycles. The van der Waals surface area contributed by atoms with Gasteiger partial charge in [-0.2, -0.15) is 31.4 Å². The second-order valence-corrected chi connectivity index (χ2v) is 8.41. The van der Waals surface area contributed by atoms with Gasteiger partial charge in [0.05, 0.1) is 31.0 Å². The predicted molar refractivity (Wildman–Crippen MR) is 117 cm³/mol. The molecule has 1 aliphatic heterocycles. The summed E-state index contributed by atoms with van der Waals surface area (Å²) in [5.74, 6) is -3.61. The summed E-state index contributed by atoms with van der Waals surface area (Å²) >= 11 is 0. The number of aliphatic hydroxyl groups is 1. The van der Waals surface area contributed by atoms with Gasteiger partial charge in [0, 0.05) is 18.3 Å². The van der Waals surface area contributed by atoms with Crippen LogP contribution in [-0.2, 0) is 11.0 Å². The second kappa shape index (κ2) is 9.83. The fraction of sp³-hybridized carbons (Fsp3) is 0.381. The number of pyridine rings is 1. The lowest BCUT2D eigenvalue weighted by Crippen LogP contribution is -2.47. The number of carbonyl (C=O) groups excluding carboxylic acids is 2. The Morgan fingerprint density at radius 1 is 1.18 bits per heavy atom. The van der Waals surface area contributed by atoms with Crippen molar-refractivity contribution in [1.29, 1.82) is 0 Å². The molecule has 0 aromatic carbocycles. The lowest BCUT2D eigenvalue weighted by Gasteiger charge is -2.21. The molecule has 4 rings (SSSR count). The fourth-order valence-electron chi connectivity index (χ4n) is 4.05. The maximum atomic E-state index is 14.5. The van der Waals surface area contributed by atoms with Crippen LogP contribution in [-0.4, -0.2) is 86.1 Å². The van der Waals surface area contributed by atoms with E-state index in [-0.39, 0.29) is 22.7 Å². The van der Waals surface area contributed by atoms with Crippen LogP contribution in [0.4, 0.5) is 36.6 Å². The lowest BCUT2D eigenvalue weighted by molar-refractivity contribution is -0.210. The average molecular weight is 565 g/mol. The topological polar surface area (TPSA) is 148 Å². The molecule has 18 heteroatoms. The predicted octanol–water partition coefficient (Wildman–Crippen LogP) is 1.60. The summed E-state index contributed by atoms with van der Waals surface area (Å²) in [6, 6.07) is 0.323. The Balaban J connectivity index is 1.65. The Morgan fingerprint density at radius 3 is 2.49 bits per heavy atom. The average Bonchev–Trinajstić information content (AvgIpc) is 3.44. The number of methoxy groups -OCH3 is 1. The molecule has 210 valence electrons. The highest BCUT2D eigenvalue weighted by atomic mass is 19.4. The number of nitrogens with two attached hydrogens (primary N) is 1. The highest BCUT2D eigenvalue weighted by Crippen LogP contribution is 2.39. The first-order valence-electron chi connectivity index (χ1n) is 10.9. The minimum atomic E-state index is -5.27. The van der Waals surface area contributed by atoms with Crippen LogP contribution < -0.4 is 15.8 Å². The van der Waals surface area contributed by atoms with Crippen molar-refractivity contribution in [2.75, 3.05) is 25.9 Å². The molecule has 0 unspecified atom stereocenters. The van der Waals surface area contributed by atoms with Crippen LogP contribution in [0.5, 0.6) is 5.88 Å². The number of hydrogen-bond acceptors (Lipinski definition) is 8. The summed E-state index contributed by atoms with van der Waals surface area (Å²) in [6.45, 7) is -1.52. The van der Waals surface area contributed by atoms with Crippen LogP contribution in [0.2, 0.25) is 0 Å². The van der Waals surface area contributed by atoms with Crippen LogP contribution in [0.3, 0.4) is 0 Å². The molecule has 0 saturated carbocycles. The molecule has 0 aliphatic carbocycles. The van der Waals surface area contributed by atoms with Crippen LogP contribution in [0.1, 0.15) is 15.9 Å². The number of aliphatic hydroxyl groups excluding tert-OH is 1. The van der Waals surface area contributed by atoms with E-state index in [0.717, 1.165) is 36.3 Å². The third kappa shape index (κ3) is 5.23. The minimum absolute atomic E-state index is 0.0575. The van der Waals surface area contributed by atoms with Crippen molar-refractivity contribution in [3.8, 4) is 17.1 Å². The lowest BCUT2D eigenvalue weighted by atomic mass is 10.1. The van der Waals surface area contributed by atoms with Crippen molar-refractivity contribution < 1.29 is 50.2 Å². The molecule has 3 aromatic rings. The number of aromatic nitrogens is 4. The van der Waals surface area contributed by atoms with Crippen LogP contribution in [0, 0.1) is 0 Å². The van der Waals surface area contributed by atoms with Gasteiger partial charge in [-0.15, -0.1) is 0 Å². The third-order valence-electron chi connectivity index (χ3n) is 5.89. The van der Waals surface area contributed by atoms with Gasteiger partial charge in [0.15, 0.2) is 5.82 Å². The number of nitrogens with zero attached hydrogens (tertiary/aromatic N) is 5. The fourth-order valence-corrected chi connectivity index (χ4v) is 4.05. The number of nitrogens with one attached hydrogen (secondary N) is 1. The summed E-state index contributed by atoms with van der Waals surface area (Å²) in [5, 5.41) is 15.2. The van der Waals surface area contributed by atoms with E-state index in [4.69, 9.17) is 15.6 Å². The Morgan fingerprint density at radius 2 is 1.87 bits per heavy atom. The first-order chi connectivity index (χ1) is 18.1. The molecule has 0 spiro atoms. The standard InChI is InChI=1S/C21H18F7N7O4/c1-39-18-9(17(37)33-12-6-34(5-11(12)22)19(38)15(36)21(26,27)28)2-8(4-30-18)13-3-10(20(23,24)25)14-16(29)31-7-32-35(13)14/h2-4,7,11-12,15,36H,5-6H2,1H3,(H,33,37)(H2,29,31,32)/t11-,12+,15+/m0/s1. The molecule has 2 amide bonds. The smallest absolute Gasteiger partial charge is 0.423 e. The Labute approximate surface area is 213 Å². The third-order valence-corrected chi connectivity index (χ3v) is 5.89. The number of nitrogen functional groups attached to an aromatic ring is 1. The molecule has 1 saturated heterocycles. The van der Waals surface area contributed by atoms with E-state index in [9.17, 15) is 40.3 Å². The van der Waals surface area contributed by atoms with Crippen LogP contribution in [0.15, 0.2) is 24.7 Å². The molecule has 4 N–H and O–H groups in total. The zero-order valence-corrected chi connectivity index (χ0v) is 19.6. The zero-order chi connectivity index (χ0) is 28.9. The van der Waals surface area contributed by atoms with Gasteiger partial charge in [0.1, 0.15) is 23.6 Å². The summed E-state index contributed by atoms with van der Waals surface area (Å²) in [7, 11) is 1.13. The molecule has 3 atom stereocenters. The van der Waals surface area contributed by atoms with Crippen molar-refractivity contribution in [2.45, 2.75) is 30.7 Å². The van der Waals surface area contributed by atoms with Gasteiger partial charge in [-0.1, -0.05) is 0 Å². The van der Waals surface area contributed by atoms with Crippen molar-refractivity contribution in [3.05, 3.63) is 35.8 Å². The normalized spacial score (nSPS) is 18.8. The number of rotatable bonds is 5. The van der Waals surface area contributed by atoms with E-state index < -0.39 is 72.5 Å². The molecule has 3 aromatic heterocycles.